The maximum atomic E-state index is 11.7. The highest BCUT2D eigenvalue weighted by Gasteiger charge is 2.23. The highest BCUT2D eigenvalue weighted by atomic mass is 79.9. The van der Waals surface area contributed by atoms with Crippen molar-refractivity contribution in [2.45, 2.75) is 13.5 Å². The second kappa shape index (κ2) is 6.00. The second-order valence-corrected chi connectivity index (χ2v) is 5.20. The van der Waals surface area contributed by atoms with Crippen LogP contribution >= 0.6 is 15.9 Å². The Morgan fingerprint density at radius 1 is 1.52 bits per heavy atom. The van der Waals surface area contributed by atoms with E-state index in [2.05, 4.69) is 26.2 Å². The topological polar surface area (TPSA) is 100 Å². The van der Waals surface area contributed by atoms with Gasteiger partial charge in [0.1, 0.15) is 12.3 Å². The van der Waals surface area contributed by atoms with Gasteiger partial charge < -0.3 is 4.74 Å². The molecule has 2 rings (SSSR count). The van der Waals surface area contributed by atoms with Gasteiger partial charge in [-0.1, -0.05) is 21.1 Å². The summed E-state index contributed by atoms with van der Waals surface area (Å²) >= 11 is 3.15. The number of ether oxygens (including phenoxy) is 1. The Labute approximate surface area is 128 Å². The molecule has 8 nitrogen and oxygen atoms in total. The van der Waals surface area contributed by atoms with Gasteiger partial charge in [0.15, 0.2) is 5.78 Å². The molecule has 0 saturated carbocycles. The lowest BCUT2D eigenvalue weighted by atomic mass is 10.1. The van der Waals surface area contributed by atoms with E-state index in [-0.39, 0.29) is 29.4 Å². The minimum absolute atomic E-state index is 0.0173. The lowest BCUT2D eigenvalue weighted by Gasteiger charge is -2.09. The number of aryl methyl sites for hydroxylation is 1. The van der Waals surface area contributed by atoms with Gasteiger partial charge >= 0.3 is 5.69 Å². The summed E-state index contributed by atoms with van der Waals surface area (Å²) in [6.45, 7) is 1.30. The summed E-state index contributed by atoms with van der Waals surface area (Å²) in [5, 5.41) is 18.7. The maximum Gasteiger partial charge on any atom is 0.312 e. The Morgan fingerprint density at radius 3 is 2.76 bits per heavy atom. The van der Waals surface area contributed by atoms with Gasteiger partial charge in [-0.3, -0.25) is 19.6 Å². The molecular formula is C12H11BrN4O4. The van der Waals surface area contributed by atoms with Crippen molar-refractivity contribution < 1.29 is 14.5 Å². The second-order valence-electron chi connectivity index (χ2n) is 4.29. The van der Waals surface area contributed by atoms with Crippen LogP contribution in [-0.2, 0) is 13.7 Å². The maximum absolute atomic E-state index is 11.7. The van der Waals surface area contributed by atoms with Crippen LogP contribution in [0.5, 0.6) is 5.75 Å². The van der Waals surface area contributed by atoms with E-state index in [0.29, 0.717) is 10.2 Å². The largest absolute Gasteiger partial charge is 0.480 e. The highest BCUT2D eigenvalue weighted by molar-refractivity contribution is 9.10. The van der Waals surface area contributed by atoms with Crippen molar-refractivity contribution in [3.8, 4) is 5.75 Å². The number of carbonyl (C=O) groups excluding carboxylic acids is 1. The summed E-state index contributed by atoms with van der Waals surface area (Å²) in [6.07, 6.45) is 1.62. The van der Waals surface area contributed by atoms with Gasteiger partial charge in [0.05, 0.1) is 16.7 Å². The van der Waals surface area contributed by atoms with Crippen LogP contribution in [0.15, 0.2) is 22.8 Å². The molecule has 0 aliphatic carbocycles. The number of hydrogen-bond acceptors (Lipinski definition) is 6. The van der Waals surface area contributed by atoms with Gasteiger partial charge in [0.2, 0.25) is 5.75 Å². The van der Waals surface area contributed by atoms with Crippen LogP contribution in [0.3, 0.4) is 0 Å². The van der Waals surface area contributed by atoms with E-state index in [4.69, 9.17) is 4.74 Å². The molecule has 0 N–H and O–H groups in total. The lowest BCUT2D eigenvalue weighted by Crippen LogP contribution is -2.05. The first kappa shape index (κ1) is 15.1. The average molecular weight is 355 g/mol. The third-order valence-electron chi connectivity index (χ3n) is 2.62. The Hall–Kier alpha value is -2.29. The molecule has 0 spiro atoms. The molecule has 1 aromatic heterocycles. The summed E-state index contributed by atoms with van der Waals surface area (Å²) in [6, 6.07) is 2.78. The van der Waals surface area contributed by atoms with E-state index >= 15 is 0 Å². The monoisotopic (exact) mass is 354 g/mol. The molecule has 110 valence electrons. The predicted molar refractivity (Wildman–Crippen MR) is 76.1 cm³/mol. The van der Waals surface area contributed by atoms with Crippen LogP contribution in [0.25, 0.3) is 0 Å². The van der Waals surface area contributed by atoms with E-state index in [9.17, 15) is 14.9 Å². The third-order valence-corrected chi connectivity index (χ3v) is 3.08. The van der Waals surface area contributed by atoms with Crippen LogP contribution in [-0.4, -0.2) is 25.7 Å². The van der Waals surface area contributed by atoms with Gasteiger partial charge in [-0.15, -0.1) is 5.10 Å². The molecule has 0 fully saturated rings. The molecule has 0 atom stereocenters. The number of benzene rings is 1. The Balaban J connectivity index is 2.39. The lowest BCUT2D eigenvalue weighted by molar-refractivity contribution is -0.386. The number of nitro benzene ring substituents is 1. The third kappa shape index (κ3) is 3.43. The molecular weight excluding hydrogens is 344 g/mol. The Bertz CT molecular complexity index is 678. The number of nitro groups is 1. The zero-order valence-corrected chi connectivity index (χ0v) is 12.8. The highest BCUT2D eigenvalue weighted by Crippen LogP contribution is 2.35. The van der Waals surface area contributed by atoms with E-state index in [1.807, 2.05) is 0 Å². The van der Waals surface area contributed by atoms with E-state index in [1.165, 1.54) is 23.7 Å². The van der Waals surface area contributed by atoms with Gasteiger partial charge in [0, 0.05) is 17.6 Å². The summed E-state index contributed by atoms with van der Waals surface area (Å²) in [5.74, 6) is -0.394. The van der Waals surface area contributed by atoms with Crippen molar-refractivity contribution in [1.29, 1.82) is 0 Å². The van der Waals surface area contributed by atoms with Crippen LogP contribution < -0.4 is 4.74 Å². The first-order chi connectivity index (χ1) is 9.88. The van der Waals surface area contributed by atoms with Gasteiger partial charge in [0.25, 0.3) is 0 Å². The zero-order valence-electron chi connectivity index (χ0n) is 11.2. The molecule has 0 bridgehead atoms. The molecule has 21 heavy (non-hydrogen) atoms. The van der Waals surface area contributed by atoms with Crippen LogP contribution in [0.4, 0.5) is 5.69 Å². The van der Waals surface area contributed by atoms with Gasteiger partial charge in [-0.25, -0.2) is 0 Å². The molecule has 0 unspecified atom stereocenters. The number of aromatic nitrogens is 3. The number of hydrogen-bond donors (Lipinski definition) is 0. The first-order valence-electron chi connectivity index (χ1n) is 5.85. The molecule has 0 amide bonds. The average Bonchev–Trinajstić information content (AvgIpc) is 2.81. The fourth-order valence-electron chi connectivity index (χ4n) is 1.74. The smallest absolute Gasteiger partial charge is 0.312 e. The molecule has 0 aliphatic heterocycles. The molecule has 0 saturated heterocycles. The number of rotatable bonds is 5. The SMILES string of the molecule is CC(=O)c1cc(Br)cc([N+](=O)[O-])c1OCc1cn(C)nn1. The number of Topliss-reactive ketones (excluding diaryl/α,β-unsaturated/α-hetero) is 1. The quantitative estimate of drug-likeness (QED) is 0.463. The summed E-state index contributed by atoms with van der Waals surface area (Å²) in [4.78, 5) is 22.2. The Kier molecular flexibility index (Phi) is 4.32. The van der Waals surface area contributed by atoms with Crippen LogP contribution in [0.2, 0.25) is 0 Å². The number of carbonyl (C=O) groups is 1. The van der Waals surface area contributed by atoms with Crippen molar-refractivity contribution in [2.24, 2.45) is 7.05 Å². The molecule has 1 aromatic carbocycles. The predicted octanol–water partition coefficient (Wildman–Crippen LogP) is 2.27. The summed E-state index contributed by atoms with van der Waals surface area (Å²) in [7, 11) is 1.69. The summed E-state index contributed by atoms with van der Waals surface area (Å²) < 4.78 is 7.37. The molecule has 9 heteroatoms. The van der Waals surface area contributed by atoms with E-state index in [1.54, 1.807) is 13.2 Å². The van der Waals surface area contributed by atoms with E-state index in [0.717, 1.165) is 0 Å². The molecule has 1 heterocycles. The molecule has 0 aliphatic rings. The minimum atomic E-state index is -0.594. The fourth-order valence-corrected chi connectivity index (χ4v) is 2.18. The molecule has 0 radical (unpaired) electrons. The van der Waals surface area contributed by atoms with Crippen LogP contribution in [0.1, 0.15) is 23.0 Å². The van der Waals surface area contributed by atoms with Crippen molar-refractivity contribution in [2.75, 3.05) is 0 Å². The van der Waals surface area contributed by atoms with Gasteiger partial charge in [-0.05, 0) is 13.0 Å². The minimum Gasteiger partial charge on any atom is -0.480 e. The fraction of sp³-hybridized carbons (Fsp3) is 0.250. The zero-order chi connectivity index (χ0) is 15.6. The van der Waals surface area contributed by atoms with Gasteiger partial charge in [-0.2, -0.15) is 0 Å². The summed E-state index contributed by atoms with van der Waals surface area (Å²) in [5.41, 5.74) is 0.364. The first-order valence-corrected chi connectivity index (χ1v) is 6.64. The van der Waals surface area contributed by atoms with Crippen molar-refractivity contribution in [3.05, 3.63) is 44.2 Å². The standard InChI is InChI=1S/C12H11BrN4O4/c1-7(18)10-3-8(13)4-11(17(19)20)12(10)21-6-9-5-16(2)15-14-9/h3-5H,6H2,1-2H3. The normalized spacial score (nSPS) is 10.4. The molecule has 2 aromatic rings. The van der Waals surface area contributed by atoms with Crippen LogP contribution in [0, 0.1) is 10.1 Å². The van der Waals surface area contributed by atoms with Crippen molar-refractivity contribution in [1.82, 2.24) is 15.0 Å². The number of halogens is 1. The van der Waals surface area contributed by atoms with Crippen molar-refractivity contribution >= 4 is 27.4 Å². The number of ketones is 1. The van der Waals surface area contributed by atoms with Crippen molar-refractivity contribution in [3.63, 3.8) is 0 Å². The Morgan fingerprint density at radius 2 is 2.24 bits per heavy atom. The number of nitrogens with zero attached hydrogens (tertiary/aromatic N) is 4. The van der Waals surface area contributed by atoms with E-state index < -0.39 is 4.92 Å².